The monoisotopic (exact) mass is 714 g/mol. The van der Waals surface area contributed by atoms with Crippen LogP contribution in [0.25, 0.3) is 105 Å². The summed E-state index contributed by atoms with van der Waals surface area (Å²) in [5.74, 6) is 0.616. The van der Waals surface area contributed by atoms with Crippen molar-refractivity contribution in [3.8, 4) is 61.6 Å². The molecule has 0 amide bonds. The molecule has 0 aliphatic heterocycles. The first-order valence-corrected chi connectivity index (χ1v) is 19.0. The zero-order valence-electron chi connectivity index (χ0n) is 30.4. The van der Waals surface area contributed by atoms with Crippen LogP contribution in [-0.4, -0.2) is 9.55 Å². The van der Waals surface area contributed by atoms with Gasteiger partial charge >= 0.3 is 0 Å². The molecule has 2 heterocycles. The molecular weight excluding hydrogens is 681 g/mol. The quantitative estimate of drug-likeness (QED) is 0.172. The molecule has 0 atom stereocenters. The molecule has 11 rings (SSSR count). The minimum absolute atomic E-state index is 0.616. The zero-order valence-corrected chi connectivity index (χ0v) is 30.4. The smallest absolute Gasteiger partial charge is 0.227 e. The van der Waals surface area contributed by atoms with Crippen LogP contribution < -0.4 is 0 Å². The summed E-state index contributed by atoms with van der Waals surface area (Å²) < 4.78 is 8.74. The Balaban J connectivity index is 0.942. The number of benzene rings is 9. The molecule has 0 unspecified atom stereocenters. The first-order chi connectivity index (χ1) is 27.7. The maximum absolute atomic E-state index is 6.38. The molecule has 0 fully saturated rings. The Morgan fingerprint density at radius 2 is 0.929 bits per heavy atom. The predicted octanol–water partition coefficient (Wildman–Crippen LogP) is 14.4. The number of nitrogens with zero attached hydrogens (tertiary/aromatic N) is 2. The molecular formula is C53H34N2O. The van der Waals surface area contributed by atoms with Gasteiger partial charge in [0.15, 0.2) is 5.58 Å². The highest BCUT2D eigenvalue weighted by Crippen LogP contribution is 2.41. The number of fused-ring (bicyclic) bond motifs is 5. The third kappa shape index (κ3) is 5.40. The van der Waals surface area contributed by atoms with Crippen LogP contribution in [0.2, 0.25) is 0 Å². The van der Waals surface area contributed by atoms with Gasteiger partial charge < -0.3 is 8.98 Å². The van der Waals surface area contributed by atoms with Gasteiger partial charge in [0.1, 0.15) is 5.52 Å². The van der Waals surface area contributed by atoms with Gasteiger partial charge in [0.2, 0.25) is 5.89 Å². The lowest BCUT2D eigenvalue weighted by atomic mass is 9.89. The SMILES string of the molecule is c1ccc(-n2c3ccccc3c3cc(-c4ccccc4-c4ccccc4-c4ccc(-c5nc6ccc(-c7ccc8ccccc8c7)cc6o5)cc4)ccc32)cc1. The van der Waals surface area contributed by atoms with Crippen LogP contribution in [0.15, 0.2) is 211 Å². The van der Waals surface area contributed by atoms with Crippen molar-refractivity contribution >= 4 is 43.7 Å². The van der Waals surface area contributed by atoms with E-state index >= 15 is 0 Å². The normalized spacial score (nSPS) is 11.6. The molecule has 9 aromatic carbocycles. The van der Waals surface area contributed by atoms with Gasteiger partial charge in [-0.1, -0.05) is 146 Å². The van der Waals surface area contributed by atoms with Crippen LogP contribution in [0, 0.1) is 0 Å². The van der Waals surface area contributed by atoms with E-state index in [1.54, 1.807) is 0 Å². The summed E-state index contributed by atoms with van der Waals surface area (Å²) >= 11 is 0. The molecule has 0 aliphatic carbocycles. The molecule has 0 radical (unpaired) electrons. The average Bonchev–Trinajstić information content (AvgIpc) is 3.85. The molecule has 0 saturated carbocycles. The highest BCUT2D eigenvalue weighted by atomic mass is 16.3. The van der Waals surface area contributed by atoms with Gasteiger partial charge in [-0.3, -0.25) is 0 Å². The van der Waals surface area contributed by atoms with Crippen molar-refractivity contribution in [3.05, 3.63) is 206 Å². The molecule has 11 aromatic rings. The Kier molecular flexibility index (Phi) is 7.49. The fraction of sp³-hybridized carbons (Fsp3) is 0. The lowest BCUT2D eigenvalue weighted by Crippen LogP contribution is -1.93. The van der Waals surface area contributed by atoms with Crippen LogP contribution in [0.3, 0.4) is 0 Å². The number of rotatable bonds is 6. The third-order valence-corrected chi connectivity index (χ3v) is 11.1. The fourth-order valence-electron chi connectivity index (χ4n) is 8.32. The average molecular weight is 715 g/mol. The van der Waals surface area contributed by atoms with Crippen molar-refractivity contribution in [2.75, 3.05) is 0 Å². The second-order valence-corrected chi connectivity index (χ2v) is 14.4. The molecule has 0 N–H and O–H groups in total. The van der Waals surface area contributed by atoms with E-state index in [4.69, 9.17) is 9.40 Å². The molecule has 3 nitrogen and oxygen atoms in total. The number of oxazole rings is 1. The first kappa shape index (κ1) is 32.0. The van der Waals surface area contributed by atoms with E-state index in [2.05, 4.69) is 205 Å². The Hall–Kier alpha value is -7.49. The number of hydrogen-bond acceptors (Lipinski definition) is 2. The van der Waals surface area contributed by atoms with Crippen LogP contribution in [0.4, 0.5) is 0 Å². The van der Waals surface area contributed by atoms with Crippen LogP contribution >= 0.6 is 0 Å². The van der Waals surface area contributed by atoms with E-state index in [0.29, 0.717) is 5.89 Å². The van der Waals surface area contributed by atoms with Gasteiger partial charge in [0.05, 0.1) is 11.0 Å². The van der Waals surface area contributed by atoms with Crippen molar-refractivity contribution in [1.82, 2.24) is 9.55 Å². The largest absolute Gasteiger partial charge is 0.436 e. The van der Waals surface area contributed by atoms with Crippen LogP contribution in [0.5, 0.6) is 0 Å². The van der Waals surface area contributed by atoms with Gasteiger partial charge in [-0.05, 0) is 116 Å². The van der Waals surface area contributed by atoms with E-state index in [1.165, 1.54) is 60.4 Å². The summed E-state index contributed by atoms with van der Waals surface area (Å²) in [6.45, 7) is 0. The second-order valence-electron chi connectivity index (χ2n) is 14.4. The lowest BCUT2D eigenvalue weighted by Gasteiger charge is -2.15. The molecule has 0 spiro atoms. The highest BCUT2D eigenvalue weighted by Gasteiger charge is 2.17. The van der Waals surface area contributed by atoms with E-state index in [0.717, 1.165) is 39.0 Å². The standard InChI is InChI=1S/C53H34N2O/c1-2-14-42(15-3-1)55-50-21-11-10-20-47(50)48-33-41(29-31-51(48)55)44-17-7-9-19-46(44)45-18-8-6-16-43(45)36-23-25-37(26-24-36)53-54-49-30-28-40(34-52(49)56-53)39-27-22-35-12-4-5-13-38(35)32-39/h1-34H. The molecule has 0 bridgehead atoms. The summed E-state index contributed by atoms with van der Waals surface area (Å²) in [5, 5.41) is 4.94. The molecule has 56 heavy (non-hydrogen) atoms. The van der Waals surface area contributed by atoms with Crippen molar-refractivity contribution in [3.63, 3.8) is 0 Å². The van der Waals surface area contributed by atoms with Crippen LogP contribution in [0.1, 0.15) is 0 Å². The van der Waals surface area contributed by atoms with E-state index < -0.39 is 0 Å². The number of aromatic nitrogens is 2. The van der Waals surface area contributed by atoms with Gasteiger partial charge in [-0.2, -0.15) is 0 Å². The minimum Gasteiger partial charge on any atom is -0.436 e. The van der Waals surface area contributed by atoms with Gasteiger partial charge in [0.25, 0.3) is 0 Å². The highest BCUT2D eigenvalue weighted by molar-refractivity contribution is 6.11. The second kappa shape index (κ2) is 13.1. The van der Waals surface area contributed by atoms with Gasteiger partial charge in [0, 0.05) is 22.0 Å². The summed E-state index contributed by atoms with van der Waals surface area (Å²) in [6.07, 6.45) is 0. The van der Waals surface area contributed by atoms with Crippen molar-refractivity contribution in [2.45, 2.75) is 0 Å². The Bertz CT molecular complexity index is 3240. The number of hydrogen-bond donors (Lipinski definition) is 0. The topological polar surface area (TPSA) is 31.0 Å². The lowest BCUT2D eigenvalue weighted by molar-refractivity contribution is 0.620. The molecule has 0 saturated heterocycles. The third-order valence-electron chi connectivity index (χ3n) is 11.1. The molecule has 262 valence electrons. The summed E-state index contributed by atoms with van der Waals surface area (Å²) in [6, 6.07) is 73.5. The Morgan fingerprint density at radius 3 is 1.73 bits per heavy atom. The molecule has 3 heteroatoms. The van der Waals surface area contributed by atoms with Gasteiger partial charge in [-0.15, -0.1) is 0 Å². The predicted molar refractivity (Wildman–Crippen MR) is 233 cm³/mol. The zero-order chi connectivity index (χ0) is 37.0. The maximum atomic E-state index is 6.38. The van der Waals surface area contributed by atoms with Gasteiger partial charge in [-0.25, -0.2) is 4.98 Å². The van der Waals surface area contributed by atoms with E-state index in [9.17, 15) is 0 Å². The number of para-hydroxylation sites is 2. The van der Waals surface area contributed by atoms with E-state index in [-0.39, 0.29) is 0 Å². The van der Waals surface area contributed by atoms with Crippen molar-refractivity contribution in [2.24, 2.45) is 0 Å². The molecule has 2 aromatic heterocycles. The molecule has 0 aliphatic rings. The summed E-state index contributed by atoms with van der Waals surface area (Å²) in [4.78, 5) is 4.87. The summed E-state index contributed by atoms with van der Waals surface area (Å²) in [7, 11) is 0. The maximum Gasteiger partial charge on any atom is 0.227 e. The first-order valence-electron chi connectivity index (χ1n) is 19.0. The van der Waals surface area contributed by atoms with E-state index in [1.807, 2.05) is 6.07 Å². The van der Waals surface area contributed by atoms with Crippen molar-refractivity contribution < 1.29 is 4.42 Å². The van der Waals surface area contributed by atoms with Crippen LogP contribution in [-0.2, 0) is 0 Å². The minimum atomic E-state index is 0.616. The Labute approximate surface area is 324 Å². The fourth-order valence-corrected chi connectivity index (χ4v) is 8.32. The Morgan fingerprint density at radius 1 is 0.357 bits per heavy atom. The van der Waals surface area contributed by atoms with Crippen molar-refractivity contribution in [1.29, 1.82) is 0 Å². The summed E-state index contributed by atoms with van der Waals surface area (Å²) in [5.41, 5.74) is 15.5.